The van der Waals surface area contributed by atoms with Crippen LogP contribution in [0.2, 0.25) is 10.0 Å². The van der Waals surface area contributed by atoms with E-state index < -0.39 is 5.97 Å². The fraction of sp³-hybridized carbons (Fsp3) is 0.0667. The summed E-state index contributed by atoms with van der Waals surface area (Å²) in [6, 6.07) is 11.2. The van der Waals surface area contributed by atoms with Crippen LogP contribution in [0.25, 0.3) is 0 Å². The molecule has 6 heteroatoms. The van der Waals surface area contributed by atoms with Gasteiger partial charge in [0.25, 0.3) is 0 Å². The van der Waals surface area contributed by atoms with Crippen molar-refractivity contribution in [1.29, 1.82) is 0 Å². The predicted molar refractivity (Wildman–Crippen MR) is 82.2 cm³/mol. The minimum Gasteiger partial charge on any atom is -0.478 e. The maximum atomic E-state index is 12.0. The van der Waals surface area contributed by atoms with Crippen LogP contribution in [0.3, 0.4) is 0 Å². The third-order valence-corrected chi connectivity index (χ3v) is 3.32. The quantitative estimate of drug-likeness (QED) is 0.897. The highest BCUT2D eigenvalue weighted by Gasteiger charge is 2.10. The van der Waals surface area contributed by atoms with Crippen LogP contribution in [0.4, 0.5) is 5.69 Å². The molecule has 1 amide bonds. The van der Waals surface area contributed by atoms with Crippen molar-refractivity contribution in [2.75, 3.05) is 5.32 Å². The summed E-state index contributed by atoms with van der Waals surface area (Å²) in [6.07, 6.45) is 0.0919. The molecule has 21 heavy (non-hydrogen) atoms. The van der Waals surface area contributed by atoms with Gasteiger partial charge in [0.2, 0.25) is 5.91 Å². The molecule has 2 N–H and O–H groups in total. The van der Waals surface area contributed by atoms with Gasteiger partial charge < -0.3 is 10.4 Å². The van der Waals surface area contributed by atoms with Crippen molar-refractivity contribution in [2.24, 2.45) is 0 Å². The molecule has 0 aliphatic rings. The number of rotatable bonds is 4. The summed E-state index contributed by atoms with van der Waals surface area (Å²) in [5, 5.41) is 12.3. The Kier molecular flexibility index (Phi) is 4.83. The average molecular weight is 324 g/mol. The second kappa shape index (κ2) is 6.61. The standard InChI is InChI=1S/C15H11Cl2NO3/c16-11-5-10(15(20)21)6-12(8-11)18-14(19)7-9-3-1-2-4-13(9)17/h1-6,8H,7H2,(H,18,19)(H,20,21). The number of carbonyl (C=O) groups excluding carboxylic acids is 1. The zero-order valence-corrected chi connectivity index (χ0v) is 12.3. The molecule has 2 aromatic rings. The fourth-order valence-electron chi connectivity index (χ4n) is 1.81. The normalized spacial score (nSPS) is 10.2. The van der Waals surface area contributed by atoms with E-state index >= 15 is 0 Å². The first-order chi connectivity index (χ1) is 9.95. The number of carboxylic acid groups (broad SMARTS) is 1. The first-order valence-electron chi connectivity index (χ1n) is 6.03. The number of benzene rings is 2. The van der Waals surface area contributed by atoms with Crippen molar-refractivity contribution in [3.63, 3.8) is 0 Å². The molecule has 4 nitrogen and oxygen atoms in total. The van der Waals surface area contributed by atoms with Gasteiger partial charge in [-0.2, -0.15) is 0 Å². The van der Waals surface area contributed by atoms with Gasteiger partial charge in [-0.25, -0.2) is 4.79 Å². The third kappa shape index (κ3) is 4.21. The van der Waals surface area contributed by atoms with E-state index in [0.29, 0.717) is 16.3 Å². The zero-order valence-electron chi connectivity index (χ0n) is 10.8. The number of amides is 1. The van der Waals surface area contributed by atoms with E-state index in [9.17, 15) is 9.59 Å². The van der Waals surface area contributed by atoms with E-state index in [-0.39, 0.29) is 22.9 Å². The number of aromatic carboxylic acids is 1. The highest BCUT2D eigenvalue weighted by Crippen LogP contribution is 2.20. The van der Waals surface area contributed by atoms with Gasteiger partial charge in [0.15, 0.2) is 0 Å². The summed E-state index contributed by atoms with van der Waals surface area (Å²) in [5.74, 6) is -1.42. The average Bonchev–Trinajstić information content (AvgIpc) is 2.40. The maximum absolute atomic E-state index is 12.0. The van der Waals surface area contributed by atoms with Crippen molar-refractivity contribution in [3.05, 3.63) is 63.6 Å². The predicted octanol–water partition coefficient (Wildman–Crippen LogP) is 3.87. The smallest absolute Gasteiger partial charge is 0.335 e. The number of hydrogen-bond donors (Lipinski definition) is 2. The van der Waals surface area contributed by atoms with Crippen LogP contribution < -0.4 is 5.32 Å². The first kappa shape index (κ1) is 15.4. The van der Waals surface area contributed by atoms with Crippen molar-refractivity contribution >= 4 is 40.8 Å². The van der Waals surface area contributed by atoms with Crippen molar-refractivity contribution in [2.45, 2.75) is 6.42 Å². The Labute approximate surface area is 131 Å². The number of carboxylic acids is 1. The molecule has 0 saturated carbocycles. The topological polar surface area (TPSA) is 66.4 Å². The molecule has 2 rings (SSSR count). The molecule has 0 aliphatic carbocycles. The molecule has 0 unspecified atom stereocenters. The van der Waals surface area contributed by atoms with Gasteiger partial charge in [0.1, 0.15) is 0 Å². The molecule has 0 aliphatic heterocycles. The Hall–Kier alpha value is -2.04. The van der Waals surface area contributed by atoms with Crippen LogP contribution in [0, 0.1) is 0 Å². The summed E-state index contributed by atoms with van der Waals surface area (Å²) in [5.41, 5.74) is 1.03. The van der Waals surface area contributed by atoms with E-state index in [0.717, 1.165) is 0 Å². The lowest BCUT2D eigenvalue weighted by Crippen LogP contribution is -2.15. The number of anilines is 1. The Morgan fingerprint density at radius 3 is 2.48 bits per heavy atom. The molecular weight excluding hydrogens is 313 g/mol. The van der Waals surface area contributed by atoms with Crippen LogP contribution in [0.15, 0.2) is 42.5 Å². The molecule has 108 valence electrons. The second-order valence-electron chi connectivity index (χ2n) is 4.35. The molecule has 0 fully saturated rings. The lowest BCUT2D eigenvalue weighted by Gasteiger charge is -2.08. The summed E-state index contributed by atoms with van der Waals surface area (Å²) < 4.78 is 0. The van der Waals surface area contributed by atoms with Crippen LogP contribution in [-0.2, 0) is 11.2 Å². The Morgan fingerprint density at radius 1 is 1.10 bits per heavy atom. The van der Waals surface area contributed by atoms with Crippen LogP contribution in [-0.4, -0.2) is 17.0 Å². The third-order valence-electron chi connectivity index (χ3n) is 2.74. The van der Waals surface area contributed by atoms with Gasteiger partial charge in [-0.15, -0.1) is 0 Å². The first-order valence-corrected chi connectivity index (χ1v) is 6.78. The summed E-state index contributed by atoms with van der Waals surface area (Å²) in [6.45, 7) is 0. The van der Waals surface area contributed by atoms with Gasteiger partial charge in [0.05, 0.1) is 12.0 Å². The summed E-state index contributed by atoms with van der Waals surface area (Å²) >= 11 is 11.8. The lowest BCUT2D eigenvalue weighted by atomic mass is 10.1. The maximum Gasteiger partial charge on any atom is 0.335 e. The molecule has 2 aromatic carbocycles. The monoisotopic (exact) mass is 323 g/mol. The molecule has 0 atom stereocenters. The van der Waals surface area contributed by atoms with E-state index in [2.05, 4.69) is 5.32 Å². The van der Waals surface area contributed by atoms with E-state index in [1.807, 2.05) is 0 Å². The van der Waals surface area contributed by atoms with Gasteiger partial charge >= 0.3 is 5.97 Å². The zero-order chi connectivity index (χ0) is 15.4. The lowest BCUT2D eigenvalue weighted by molar-refractivity contribution is -0.115. The SMILES string of the molecule is O=C(Cc1ccccc1Cl)Nc1cc(Cl)cc(C(=O)O)c1. The largest absolute Gasteiger partial charge is 0.478 e. The van der Waals surface area contributed by atoms with Gasteiger partial charge in [-0.05, 0) is 29.8 Å². The van der Waals surface area contributed by atoms with Gasteiger partial charge in [-0.1, -0.05) is 41.4 Å². The summed E-state index contributed by atoms with van der Waals surface area (Å²) in [7, 11) is 0. The number of carbonyl (C=O) groups is 2. The molecular formula is C15H11Cl2NO3. The Bertz CT molecular complexity index is 701. The number of nitrogens with one attached hydrogen (secondary N) is 1. The molecule has 0 radical (unpaired) electrons. The molecule has 0 spiro atoms. The molecule has 0 saturated heterocycles. The fourth-order valence-corrected chi connectivity index (χ4v) is 2.24. The van der Waals surface area contributed by atoms with E-state index in [1.165, 1.54) is 18.2 Å². The van der Waals surface area contributed by atoms with Crippen molar-refractivity contribution in [1.82, 2.24) is 0 Å². The highest BCUT2D eigenvalue weighted by atomic mass is 35.5. The summed E-state index contributed by atoms with van der Waals surface area (Å²) in [4.78, 5) is 22.9. The van der Waals surface area contributed by atoms with E-state index in [4.69, 9.17) is 28.3 Å². The highest BCUT2D eigenvalue weighted by molar-refractivity contribution is 6.32. The molecule has 0 heterocycles. The number of hydrogen-bond acceptors (Lipinski definition) is 2. The van der Waals surface area contributed by atoms with Crippen LogP contribution in [0.1, 0.15) is 15.9 Å². The van der Waals surface area contributed by atoms with Crippen LogP contribution >= 0.6 is 23.2 Å². The van der Waals surface area contributed by atoms with Gasteiger partial charge in [-0.3, -0.25) is 4.79 Å². The second-order valence-corrected chi connectivity index (χ2v) is 5.19. The van der Waals surface area contributed by atoms with Gasteiger partial charge in [0, 0.05) is 15.7 Å². The minimum atomic E-state index is -1.11. The minimum absolute atomic E-state index is 0.00976. The number of halogens is 2. The Balaban J connectivity index is 2.13. The van der Waals surface area contributed by atoms with E-state index in [1.54, 1.807) is 24.3 Å². The van der Waals surface area contributed by atoms with Crippen molar-refractivity contribution in [3.8, 4) is 0 Å². The molecule has 0 aromatic heterocycles. The Morgan fingerprint density at radius 2 is 1.81 bits per heavy atom. The van der Waals surface area contributed by atoms with Crippen molar-refractivity contribution < 1.29 is 14.7 Å². The van der Waals surface area contributed by atoms with Crippen LogP contribution in [0.5, 0.6) is 0 Å². The molecule has 0 bridgehead atoms.